The van der Waals surface area contributed by atoms with Crippen LogP contribution in [0.4, 0.5) is 0 Å². The minimum atomic E-state index is -0.293. The van der Waals surface area contributed by atoms with Crippen LogP contribution in [0, 0.1) is 13.8 Å². The van der Waals surface area contributed by atoms with Crippen molar-refractivity contribution in [2.24, 2.45) is 0 Å². The lowest BCUT2D eigenvalue weighted by Gasteiger charge is -2.09. The number of hydrogen-bond donors (Lipinski definition) is 0. The number of halogens is 1. The second-order valence-corrected chi connectivity index (χ2v) is 6.88. The summed E-state index contributed by atoms with van der Waals surface area (Å²) in [5.74, 6) is -0.125. The summed E-state index contributed by atoms with van der Waals surface area (Å²) in [4.78, 5) is 24.7. The molecule has 2 aromatic carbocycles. The highest BCUT2D eigenvalue weighted by atomic mass is 79.9. The first-order valence-electron chi connectivity index (χ1n) is 7.88. The fraction of sp³-hybridized carbons (Fsp3) is 0.150. The van der Waals surface area contributed by atoms with Crippen molar-refractivity contribution < 1.29 is 4.79 Å². The average molecular weight is 397 g/mol. The van der Waals surface area contributed by atoms with Crippen molar-refractivity contribution in [3.8, 4) is 11.3 Å². The van der Waals surface area contributed by atoms with Gasteiger partial charge in [-0.05, 0) is 37.6 Å². The summed E-state index contributed by atoms with van der Waals surface area (Å²) >= 11 is 3.39. The van der Waals surface area contributed by atoms with E-state index in [0.29, 0.717) is 11.3 Å². The molecule has 0 aliphatic carbocycles. The zero-order valence-corrected chi connectivity index (χ0v) is 15.6. The number of Topliss-reactive ketones (excluding diaryl/α,β-unsaturated/α-hetero) is 1. The first-order chi connectivity index (χ1) is 11.9. The quantitative estimate of drug-likeness (QED) is 0.621. The third-order valence-corrected chi connectivity index (χ3v) is 4.51. The number of carbonyl (C=O) groups is 1. The van der Waals surface area contributed by atoms with Crippen molar-refractivity contribution in [2.75, 3.05) is 0 Å². The number of benzene rings is 2. The summed E-state index contributed by atoms with van der Waals surface area (Å²) in [6.07, 6.45) is 0. The lowest BCUT2D eigenvalue weighted by Crippen LogP contribution is -2.26. The molecule has 0 N–H and O–H groups in total. The Balaban J connectivity index is 1.92. The Labute approximate surface area is 154 Å². The molecule has 4 nitrogen and oxygen atoms in total. The number of hydrogen-bond acceptors (Lipinski definition) is 3. The van der Waals surface area contributed by atoms with Gasteiger partial charge in [-0.2, -0.15) is 5.10 Å². The number of rotatable bonds is 4. The van der Waals surface area contributed by atoms with Crippen LogP contribution in [0.2, 0.25) is 0 Å². The van der Waals surface area contributed by atoms with Crippen molar-refractivity contribution in [3.63, 3.8) is 0 Å². The van der Waals surface area contributed by atoms with Crippen LogP contribution in [0.1, 0.15) is 21.5 Å². The molecule has 0 saturated carbocycles. The molecule has 0 aliphatic rings. The highest BCUT2D eigenvalue weighted by molar-refractivity contribution is 9.10. The first-order valence-corrected chi connectivity index (χ1v) is 8.68. The summed E-state index contributed by atoms with van der Waals surface area (Å²) in [5, 5.41) is 4.35. The molecular weight excluding hydrogens is 380 g/mol. The van der Waals surface area contributed by atoms with Crippen LogP contribution in [0.3, 0.4) is 0 Å². The molecule has 0 aliphatic heterocycles. The number of aromatic nitrogens is 2. The maximum atomic E-state index is 12.6. The number of carbonyl (C=O) groups excluding carboxylic acids is 1. The first kappa shape index (κ1) is 17.3. The van der Waals surface area contributed by atoms with Crippen LogP contribution in [-0.2, 0) is 6.54 Å². The van der Waals surface area contributed by atoms with Crippen LogP contribution in [0.5, 0.6) is 0 Å². The zero-order chi connectivity index (χ0) is 18.0. The topological polar surface area (TPSA) is 52.0 Å². The van der Waals surface area contributed by atoms with E-state index in [2.05, 4.69) is 21.0 Å². The van der Waals surface area contributed by atoms with Gasteiger partial charge in [0.15, 0.2) is 5.78 Å². The standard InChI is InChI=1S/C20H17BrN2O2/c1-13-3-8-17(14(2)11-13)19(24)12-23-20(25)10-9-18(22-23)15-4-6-16(21)7-5-15/h3-11H,12H2,1-2H3. The highest BCUT2D eigenvalue weighted by Crippen LogP contribution is 2.19. The van der Waals surface area contributed by atoms with Gasteiger partial charge in [0.1, 0.15) is 6.54 Å². The molecule has 0 atom stereocenters. The summed E-state index contributed by atoms with van der Waals surface area (Å²) in [7, 11) is 0. The summed E-state index contributed by atoms with van der Waals surface area (Å²) in [5.41, 5.74) is 3.87. The van der Waals surface area contributed by atoms with Gasteiger partial charge < -0.3 is 0 Å². The molecule has 5 heteroatoms. The summed E-state index contributed by atoms with van der Waals surface area (Å²) in [6, 6.07) is 16.4. The van der Waals surface area contributed by atoms with E-state index in [9.17, 15) is 9.59 Å². The van der Waals surface area contributed by atoms with Crippen molar-refractivity contribution >= 4 is 21.7 Å². The van der Waals surface area contributed by atoms with Gasteiger partial charge in [-0.15, -0.1) is 0 Å². The number of ketones is 1. The lowest BCUT2D eigenvalue weighted by molar-refractivity contribution is 0.0965. The molecule has 0 amide bonds. The number of nitrogens with zero attached hydrogens (tertiary/aromatic N) is 2. The Kier molecular flexibility index (Phi) is 4.95. The maximum Gasteiger partial charge on any atom is 0.267 e. The van der Waals surface area contributed by atoms with Crippen molar-refractivity contribution in [3.05, 3.63) is 86.1 Å². The SMILES string of the molecule is Cc1ccc(C(=O)Cn2nc(-c3ccc(Br)cc3)ccc2=O)c(C)c1. The second kappa shape index (κ2) is 7.15. The third-order valence-electron chi connectivity index (χ3n) is 3.98. The van der Waals surface area contributed by atoms with Gasteiger partial charge in [-0.1, -0.05) is 51.8 Å². The molecule has 1 aromatic heterocycles. The van der Waals surface area contributed by atoms with E-state index in [4.69, 9.17) is 0 Å². The van der Waals surface area contributed by atoms with Crippen molar-refractivity contribution in [1.82, 2.24) is 9.78 Å². The van der Waals surface area contributed by atoms with Crippen LogP contribution in [0.15, 0.2) is 63.9 Å². The van der Waals surface area contributed by atoms with E-state index in [1.165, 1.54) is 10.7 Å². The highest BCUT2D eigenvalue weighted by Gasteiger charge is 2.12. The minimum absolute atomic E-state index is 0.0763. The van der Waals surface area contributed by atoms with E-state index < -0.39 is 0 Å². The maximum absolute atomic E-state index is 12.6. The Hall–Kier alpha value is -2.53. The zero-order valence-electron chi connectivity index (χ0n) is 14.0. The van der Waals surface area contributed by atoms with Crippen LogP contribution < -0.4 is 5.56 Å². The normalized spacial score (nSPS) is 10.7. The number of aryl methyl sites for hydroxylation is 2. The van der Waals surface area contributed by atoms with E-state index in [-0.39, 0.29) is 17.9 Å². The van der Waals surface area contributed by atoms with Crippen molar-refractivity contribution in [2.45, 2.75) is 20.4 Å². The van der Waals surface area contributed by atoms with Gasteiger partial charge in [-0.3, -0.25) is 9.59 Å². The van der Waals surface area contributed by atoms with Crippen LogP contribution >= 0.6 is 15.9 Å². The summed E-state index contributed by atoms with van der Waals surface area (Å²) < 4.78 is 2.19. The van der Waals surface area contributed by atoms with E-state index in [1.807, 2.05) is 50.2 Å². The van der Waals surface area contributed by atoms with Gasteiger partial charge in [0.05, 0.1) is 5.69 Å². The lowest BCUT2D eigenvalue weighted by atomic mass is 10.0. The second-order valence-electron chi connectivity index (χ2n) is 5.96. The van der Waals surface area contributed by atoms with Crippen molar-refractivity contribution in [1.29, 1.82) is 0 Å². The Bertz CT molecular complexity index is 991. The predicted molar refractivity (Wildman–Crippen MR) is 102 cm³/mol. The minimum Gasteiger partial charge on any atom is -0.292 e. The molecule has 0 radical (unpaired) electrons. The van der Waals surface area contributed by atoms with Crippen LogP contribution in [0.25, 0.3) is 11.3 Å². The monoisotopic (exact) mass is 396 g/mol. The molecule has 25 heavy (non-hydrogen) atoms. The Morgan fingerprint density at radius 2 is 1.76 bits per heavy atom. The third kappa shape index (κ3) is 3.94. The fourth-order valence-electron chi connectivity index (χ4n) is 2.68. The average Bonchev–Trinajstić information content (AvgIpc) is 2.57. The van der Waals surface area contributed by atoms with E-state index in [0.717, 1.165) is 21.2 Å². The van der Waals surface area contributed by atoms with E-state index in [1.54, 1.807) is 12.1 Å². The molecule has 1 heterocycles. The van der Waals surface area contributed by atoms with Gasteiger partial charge in [-0.25, -0.2) is 4.68 Å². The Morgan fingerprint density at radius 1 is 1.04 bits per heavy atom. The smallest absolute Gasteiger partial charge is 0.267 e. The molecule has 0 bridgehead atoms. The largest absolute Gasteiger partial charge is 0.292 e. The van der Waals surface area contributed by atoms with Crippen LogP contribution in [-0.4, -0.2) is 15.6 Å². The molecule has 0 saturated heterocycles. The van der Waals surface area contributed by atoms with Gasteiger partial charge in [0.25, 0.3) is 5.56 Å². The molecular formula is C20H17BrN2O2. The predicted octanol–water partition coefficient (Wildman–Crippen LogP) is 4.17. The Morgan fingerprint density at radius 3 is 2.44 bits per heavy atom. The molecule has 3 aromatic rings. The molecule has 0 spiro atoms. The van der Waals surface area contributed by atoms with Gasteiger partial charge >= 0.3 is 0 Å². The molecule has 0 unspecified atom stereocenters. The van der Waals surface area contributed by atoms with E-state index >= 15 is 0 Å². The van der Waals surface area contributed by atoms with Gasteiger partial charge in [0, 0.05) is 21.7 Å². The molecule has 126 valence electrons. The fourth-order valence-corrected chi connectivity index (χ4v) is 2.95. The molecule has 3 rings (SSSR count). The van der Waals surface area contributed by atoms with Gasteiger partial charge in [0.2, 0.25) is 0 Å². The molecule has 0 fully saturated rings. The summed E-state index contributed by atoms with van der Waals surface area (Å²) in [6.45, 7) is 3.80.